The number of nitrogens with zero attached hydrogens (tertiary/aromatic N) is 1. The minimum Gasteiger partial charge on any atom is -0.336 e. The number of hydrogen-bond donors (Lipinski definition) is 2. The standard InChI is InChI=1S/C10H25N3/c1-5-12(3)6-7-13(4)9-10(2)8-11/h10H,5-9,11H2,1-4H3/p+1. The van der Waals surface area contributed by atoms with Gasteiger partial charge in [-0.3, -0.25) is 0 Å². The number of quaternary nitrogens is 1. The zero-order valence-corrected chi connectivity index (χ0v) is 9.64. The van der Waals surface area contributed by atoms with Crippen molar-refractivity contribution in [3.63, 3.8) is 0 Å². The van der Waals surface area contributed by atoms with Crippen molar-refractivity contribution in [2.45, 2.75) is 13.8 Å². The van der Waals surface area contributed by atoms with Gasteiger partial charge in [0.25, 0.3) is 0 Å². The molecule has 3 nitrogen and oxygen atoms in total. The Balaban J connectivity index is 3.45. The van der Waals surface area contributed by atoms with Gasteiger partial charge in [-0.1, -0.05) is 13.8 Å². The molecule has 0 saturated heterocycles. The van der Waals surface area contributed by atoms with E-state index in [-0.39, 0.29) is 0 Å². The molecule has 80 valence electrons. The van der Waals surface area contributed by atoms with Crippen LogP contribution in [-0.4, -0.2) is 51.7 Å². The lowest BCUT2D eigenvalue weighted by atomic mass is 10.2. The van der Waals surface area contributed by atoms with E-state index >= 15 is 0 Å². The van der Waals surface area contributed by atoms with Gasteiger partial charge in [0, 0.05) is 19.0 Å². The normalized spacial score (nSPS) is 16.2. The molecule has 0 aliphatic carbocycles. The molecule has 0 aromatic heterocycles. The summed E-state index contributed by atoms with van der Waals surface area (Å²) in [6, 6.07) is 0. The van der Waals surface area contributed by atoms with E-state index in [0.717, 1.165) is 13.1 Å². The molecule has 0 bridgehead atoms. The quantitative estimate of drug-likeness (QED) is 0.540. The summed E-state index contributed by atoms with van der Waals surface area (Å²) in [4.78, 5) is 3.93. The lowest BCUT2D eigenvalue weighted by Crippen LogP contribution is -3.10. The van der Waals surface area contributed by atoms with E-state index < -0.39 is 0 Å². The first-order valence-corrected chi connectivity index (χ1v) is 5.30. The molecule has 0 saturated carbocycles. The first-order valence-electron chi connectivity index (χ1n) is 5.30. The maximum Gasteiger partial charge on any atom is 0.0898 e. The maximum atomic E-state index is 5.58. The molecular weight excluding hydrogens is 162 g/mol. The van der Waals surface area contributed by atoms with Gasteiger partial charge in [-0.15, -0.1) is 0 Å². The fraction of sp³-hybridized carbons (Fsp3) is 1.00. The molecule has 0 aliphatic heterocycles. The molecule has 0 aliphatic rings. The highest BCUT2D eigenvalue weighted by molar-refractivity contribution is 4.49. The summed E-state index contributed by atoms with van der Waals surface area (Å²) in [6.45, 7) is 9.94. The van der Waals surface area contributed by atoms with Crippen molar-refractivity contribution in [1.29, 1.82) is 0 Å². The second kappa shape index (κ2) is 7.30. The Kier molecular flexibility index (Phi) is 7.23. The van der Waals surface area contributed by atoms with E-state index in [4.69, 9.17) is 5.73 Å². The van der Waals surface area contributed by atoms with Crippen LogP contribution in [0.4, 0.5) is 0 Å². The summed E-state index contributed by atoms with van der Waals surface area (Å²) in [5.74, 6) is 0.645. The maximum absolute atomic E-state index is 5.58. The van der Waals surface area contributed by atoms with E-state index in [1.807, 2.05) is 0 Å². The van der Waals surface area contributed by atoms with Gasteiger partial charge in [-0.25, -0.2) is 0 Å². The predicted molar refractivity (Wildman–Crippen MR) is 58.0 cm³/mol. The summed E-state index contributed by atoms with van der Waals surface area (Å²) in [6.07, 6.45) is 0. The second-order valence-corrected chi connectivity index (χ2v) is 4.15. The monoisotopic (exact) mass is 188 g/mol. The lowest BCUT2D eigenvalue weighted by Gasteiger charge is -2.20. The average molecular weight is 188 g/mol. The molecule has 0 amide bonds. The molecule has 0 spiro atoms. The van der Waals surface area contributed by atoms with Crippen LogP contribution in [0.1, 0.15) is 13.8 Å². The molecule has 0 rings (SSSR count). The average Bonchev–Trinajstić information content (AvgIpc) is 2.13. The van der Waals surface area contributed by atoms with Crippen LogP contribution in [0.5, 0.6) is 0 Å². The highest BCUT2D eigenvalue weighted by atomic mass is 15.2. The molecule has 13 heavy (non-hydrogen) atoms. The van der Waals surface area contributed by atoms with Gasteiger partial charge in [0.05, 0.1) is 20.1 Å². The SMILES string of the molecule is CCN(C)CC[NH+](C)CC(C)CN. The lowest BCUT2D eigenvalue weighted by molar-refractivity contribution is -0.882. The van der Waals surface area contributed by atoms with Crippen molar-refractivity contribution in [2.24, 2.45) is 11.7 Å². The van der Waals surface area contributed by atoms with Crippen LogP contribution in [0.15, 0.2) is 0 Å². The van der Waals surface area contributed by atoms with Crippen molar-refractivity contribution in [1.82, 2.24) is 4.90 Å². The van der Waals surface area contributed by atoms with Crippen LogP contribution >= 0.6 is 0 Å². The van der Waals surface area contributed by atoms with E-state index in [1.54, 1.807) is 4.90 Å². The Morgan fingerprint density at radius 2 is 2.08 bits per heavy atom. The summed E-state index contributed by atoms with van der Waals surface area (Å²) in [7, 11) is 4.41. The van der Waals surface area contributed by atoms with Crippen LogP contribution in [0.3, 0.4) is 0 Å². The molecule has 0 aromatic carbocycles. The largest absolute Gasteiger partial charge is 0.336 e. The van der Waals surface area contributed by atoms with Crippen LogP contribution in [0, 0.1) is 5.92 Å². The summed E-state index contributed by atoms with van der Waals surface area (Å²) in [5, 5.41) is 0. The first-order chi connectivity index (χ1) is 6.10. The third-order valence-electron chi connectivity index (χ3n) is 2.56. The molecule has 0 aromatic rings. The Hall–Kier alpha value is -0.120. The fourth-order valence-corrected chi connectivity index (χ4v) is 1.32. The van der Waals surface area contributed by atoms with Crippen LogP contribution < -0.4 is 10.6 Å². The van der Waals surface area contributed by atoms with Crippen LogP contribution in [0.2, 0.25) is 0 Å². The molecule has 2 unspecified atom stereocenters. The van der Waals surface area contributed by atoms with Gasteiger partial charge in [-0.05, 0) is 13.6 Å². The van der Waals surface area contributed by atoms with Crippen molar-refractivity contribution < 1.29 is 4.90 Å². The Morgan fingerprint density at radius 3 is 2.54 bits per heavy atom. The minimum absolute atomic E-state index is 0.645. The Labute approximate surface area is 82.9 Å². The minimum atomic E-state index is 0.645. The number of rotatable bonds is 7. The van der Waals surface area contributed by atoms with Gasteiger partial charge in [-0.2, -0.15) is 0 Å². The Morgan fingerprint density at radius 1 is 1.46 bits per heavy atom. The van der Waals surface area contributed by atoms with E-state index in [2.05, 4.69) is 32.8 Å². The summed E-state index contributed by atoms with van der Waals surface area (Å²) < 4.78 is 0. The van der Waals surface area contributed by atoms with E-state index in [0.29, 0.717) is 5.92 Å². The Bertz CT molecular complexity index is 117. The third kappa shape index (κ3) is 6.99. The molecule has 3 heteroatoms. The first kappa shape index (κ1) is 12.9. The van der Waals surface area contributed by atoms with Crippen molar-refractivity contribution in [3.05, 3.63) is 0 Å². The van der Waals surface area contributed by atoms with E-state index in [9.17, 15) is 0 Å². The highest BCUT2D eigenvalue weighted by Crippen LogP contribution is 1.83. The molecule has 0 fully saturated rings. The van der Waals surface area contributed by atoms with Gasteiger partial charge < -0.3 is 15.5 Å². The molecule has 3 N–H and O–H groups in total. The van der Waals surface area contributed by atoms with Gasteiger partial charge in [0.1, 0.15) is 0 Å². The molecular formula is C10H26N3+. The predicted octanol–water partition coefficient (Wildman–Crippen LogP) is -0.952. The number of likely N-dealkylation sites (N-methyl/N-ethyl adjacent to an activating group) is 2. The molecule has 2 atom stereocenters. The van der Waals surface area contributed by atoms with Crippen molar-refractivity contribution in [2.75, 3.05) is 46.8 Å². The number of nitrogens with one attached hydrogen (secondary N) is 1. The zero-order chi connectivity index (χ0) is 10.3. The topological polar surface area (TPSA) is 33.7 Å². The zero-order valence-electron chi connectivity index (χ0n) is 9.64. The van der Waals surface area contributed by atoms with Crippen LogP contribution in [0.25, 0.3) is 0 Å². The third-order valence-corrected chi connectivity index (χ3v) is 2.56. The fourth-order valence-electron chi connectivity index (χ4n) is 1.32. The number of nitrogens with two attached hydrogens (primary N) is 1. The second-order valence-electron chi connectivity index (χ2n) is 4.15. The number of hydrogen-bond acceptors (Lipinski definition) is 2. The van der Waals surface area contributed by atoms with Crippen molar-refractivity contribution in [3.8, 4) is 0 Å². The molecule has 0 radical (unpaired) electrons. The van der Waals surface area contributed by atoms with Gasteiger partial charge in [0.15, 0.2) is 0 Å². The molecule has 0 heterocycles. The summed E-state index contributed by atoms with van der Waals surface area (Å²) >= 11 is 0. The highest BCUT2D eigenvalue weighted by Gasteiger charge is 2.07. The van der Waals surface area contributed by atoms with E-state index in [1.165, 1.54) is 19.6 Å². The van der Waals surface area contributed by atoms with Crippen LogP contribution in [-0.2, 0) is 0 Å². The van der Waals surface area contributed by atoms with Gasteiger partial charge in [0.2, 0.25) is 0 Å². The van der Waals surface area contributed by atoms with Gasteiger partial charge >= 0.3 is 0 Å². The smallest absolute Gasteiger partial charge is 0.0898 e. The van der Waals surface area contributed by atoms with Crippen molar-refractivity contribution >= 4 is 0 Å². The summed E-state index contributed by atoms with van der Waals surface area (Å²) in [5.41, 5.74) is 5.58.